The molecule has 0 unspecified atom stereocenters. The minimum Gasteiger partial charge on any atom is -0.290 e. The molecule has 0 atom stereocenters. The van der Waals surface area contributed by atoms with Gasteiger partial charge in [-0.2, -0.15) is 0 Å². The number of ketones is 1. The highest BCUT2D eigenvalue weighted by atomic mass is 17.2. The predicted octanol–water partition coefficient (Wildman–Crippen LogP) is 2.16. The van der Waals surface area contributed by atoms with Crippen LogP contribution in [0.5, 0.6) is 0 Å². The topological polar surface area (TPSA) is 35.5 Å². The molecule has 1 aromatic carbocycles. The van der Waals surface area contributed by atoms with Crippen LogP contribution >= 0.6 is 0 Å². The third-order valence-corrected chi connectivity index (χ3v) is 2.44. The van der Waals surface area contributed by atoms with Gasteiger partial charge in [0.1, 0.15) is 0 Å². The molecule has 0 spiro atoms. The van der Waals surface area contributed by atoms with Crippen LogP contribution in [0.1, 0.15) is 5.56 Å². The minimum absolute atomic E-state index is 0.0498. The molecular formula is C13H12O3. The Balaban J connectivity index is 2.41. The highest BCUT2D eigenvalue weighted by Crippen LogP contribution is 2.31. The van der Waals surface area contributed by atoms with Gasteiger partial charge in [0, 0.05) is 0 Å². The van der Waals surface area contributed by atoms with E-state index in [1.54, 1.807) is 12.2 Å². The van der Waals surface area contributed by atoms with Crippen molar-refractivity contribution >= 4 is 5.78 Å². The van der Waals surface area contributed by atoms with Gasteiger partial charge in [0.15, 0.2) is 11.4 Å². The molecule has 0 saturated carbocycles. The standard InChI is InChI=1S/C13H12O3/c1-15-16-13(9-7-12(14)8-10-13)11-5-3-2-4-6-11/h2-10H,1H3. The van der Waals surface area contributed by atoms with Crippen LogP contribution in [0.25, 0.3) is 0 Å². The SMILES string of the molecule is COOC1(c2ccccc2)C=CC(=O)C=C1. The summed E-state index contributed by atoms with van der Waals surface area (Å²) in [6, 6.07) is 9.58. The van der Waals surface area contributed by atoms with Gasteiger partial charge in [-0.25, -0.2) is 9.78 Å². The first kappa shape index (κ1) is 10.8. The van der Waals surface area contributed by atoms with Gasteiger partial charge >= 0.3 is 0 Å². The maximum atomic E-state index is 11.1. The molecule has 2 rings (SSSR count). The first-order valence-corrected chi connectivity index (χ1v) is 4.97. The van der Waals surface area contributed by atoms with Crippen molar-refractivity contribution in [3.05, 3.63) is 60.2 Å². The van der Waals surface area contributed by atoms with Crippen LogP contribution in [0.2, 0.25) is 0 Å². The molecule has 0 fully saturated rings. The minimum atomic E-state index is -0.802. The normalized spacial score (nSPS) is 17.7. The lowest BCUT2D eigenvalue weighted by molar-refractivity contribution is -0.322. The monoisotopic (exact) mass is 216 g/mol. The summed E-state index contributed by atoms with van der Waals surface area (Å²) in [7, 11) is 1.45. The second-order valence-electron chi connectivity index (χ2n) is 3.48. The van der Waals surface area contributed by atoms with E-state index >= 15 is 0 Å². The summed E-state index contributed by atoms with van der Waals surface area (Å²) in [5.41, 5.74) is 0.112. The van der Waals surface area contributed by atoms with E-state index in [1.165, 1.54) is 19.3 Å². The molecule has 0 radical (unpaired) electrons. The lowest BCUT2D eigenvalue weighted by Gasteiger charge is -2.27. The van der Waals surface area contributed by atoms with Crippen LogP contribution in [0.4, 0.5) is 0 Å². The molecule has 0 saturated heterocycles. The third kappa shape index (κ3) is 1.96. The lowest BCUT2D eigenvalue weighted by Crippen LogP contribution is -2.27. The quantitative estimate of drug-likeness (QED) is 0.573. The summed E-state index contributed by atoms with van der Waals surface area (Å²) in [6.07, 6.45) is 6.33. The Bertz CT molecular complexity index is 416. The second kappa shape index (κ2) is 4.43. The van der Waals surface area contributed by atoms with Crippen LogP contribution in [0.15, 0.2) is 54.6 Å². The van der Waals surface area contributed by atoms with E-state index in [-0.39, 0.29) is 5.78 Å². The van der Waals surface area contributed by atoms with Crippen LogP contribution in [0.3, 0.4) is 0 Å². The van der Waals surface area contributed by atoms with Gasteiger partial charge in [-0.05, 0) is 29.9 Å². The van der Waals surface area contributed by atoms with Gasteiger partial charge in [-0.15, -0.1) is 0 Å². The van der Waals surface area contributed by atoms with Gasteiger partial charge in [0.2, 0.25) is 0 Å². The van der Waals surface area contributed by atoms with Crippen LogP contribution in [0, 0.1) is 0 Å². The summed E-state index contributed by atoms with van der Waals surface area (Å²) in [6.45, 7) is 0. The van der Waals surface area contributed by atoms with Gasteiger partial charge < -0.3 is 0 Å². The molecular weight excluding hydrogens is 204 g/mol. The van der Waals surface area contributed by atoms with Gasteiger partial charge in [0.05, 0.1) is 7.11 Å². The molecule has 0 N–H and O–H groups in total. The fraction of sp³-hybridized carbons (Fsp3) is 0.154. The Hall–Kier alpha value is -1.71. The number of benzene rings is 1. The predicted molar refractivity (Wildman–Crippen MR) is 59.5 cm³/mol. The first-order valence-electron chi connectivity index (χ1n) is 4.97. The van der Waals surface area contributed by atoms with E-state index in [4.69, 9.17) is 9.78 Å². The van der Waals surface area contributed by atoms with Crippen molar-refractivity contribution in [2.45, 2.75) is 5.60 Å². The number of allylic oxidation sites excluding steroid dienone is 2. The number of carbonyl (C=O) groups excluding carboxylic acids is 1. The van der Waals surface area contributed by atoms with E-state index in [0.717, 1.165) is 5.56 Å². The fourth-order valence-electron chi connectivity index (χ4n) is 1.66. The lowest BCUT2D eigenvalue weighted by atomic mass is 9.89. The van der Waals surface area contributed by atoms with E-state index in [9.17, 15) is 4.79 Å². The average Bonchev–Trinajstić information content (AvgIpc) is 2.34. The van der Waals surface area contributed by atoms with E-state index in [0.29, 0.717) is 0 Å². The number of carbonyl (C=O) groups is 1. The van der Waals surface area contributed by atoms with Gasteiger partial charge in [0.25, 0.3) is 0 Å². The Kier molecular flexibility index (Phi) is 2.99. The maximum Gasteiger partial charge on any atom is 0.178 e. The summed E-state index contributed by atoms with van der Waals surface area (Å²) >= 11 is 0. The highest BCUT2D eigenvalue weighted by Gasteiger charge is 2.31. The third-order valence-electron chi connectivity index (χ3n) is 2.44. The molecule has 3 nitrogen and oxygen atoms in total. The Morgan fingerprint density at radius 2 is 1.69 bits per heavy atom. The molecule has 0 bridgehead atoms. The highest BCUT2D eigenvalue weighted by molar-refractivity contribution is 6.00. The van der Waals surface area contributed by atoms with E-state index in [1.807, 2.05) is 30.3 Å². The van der Waals surface area contributed by atoms with Gasteiger partial charge in [-0.3, -0.25) is 4.79 Å². The molecule has 16 heavy (non-hydrogen) atoms. The molecule has 0 amide bonds. The van der Waals surface area contributed by atoms with Crippen molar-refractivity contribution in [1.82, 2.24) is 0 Å². The molecule has 1 aromatic rings. The Morgan fingerprint density at radius 3 is 2.25 bits per heavy atom. The smallest absolute Gasteiger partial charge is 0.178 e. The van der Waals surface area contributed by atoms with Crippen molar-refractivity contribution in [2.75, 3.05) is 7.11 Å². The number of hydrogen-bond acceptors (Lipinski definition) is 3. The number of hydrogen-bond donors (Lipinski definition) is 0. The van der Waals surface area contributed by atoms with Crippen LogP contribution < -0.4 is 0 Å². The maximum absolute atomic E-state index is 11.1. The molecule has 1 aliphatic carbocycles. The molecule has 0 heterocycles. The van der Waals surface area contributed by atoms with Crippen LogP contribution in [-0.4, -0.2) is 12.9 Å². The largest absolute Gasteiger partial charge is 0.290 e. The van der Waals surface area contributed by atoms with Crippen molar-refractivity contribution in [1.29, 1.82) is 0 Å². The zero-order valence-corrected chi connectivity index (χ0v) is 8.92. The Morgan fingerprint density at radius 1 is 1.06 bits per heavy atom. The van der Waals surface area contributed by atoms with Crippen molar-refractivity contribution in [3.8, 4) is 0 Å². The summed E-state index contributed by atoms with van der Waals surface area (Å²) in [5.74, 6) is -0.0498. The van der Waals surface area contributed by atoms with Crippen molar-refractivity contribution < 1.29 is 14.6 Å². The van der Waals surface area contributed by atoms with E-state index < -0.39 is 5.60 Å². The van der Waals surface area contributed by atoms with E-state index in [2.05, 4.69) is 0 Å². The Labute approximate surface area is 93.9 Å². The molecule has 82 valence electrons. The first-order chi connectivity index (χ1) is 7.77. The fourth-order valence-corrected chi connectivity index (χ4v) is 1.66. The number of rotatable bonds is 3. The summed E-state index contributed by atoms with van der Waals surface area (Å²) < 4.78 is 0. The molecule has 3 heteroatoms. The van der Waals surface area contributed by atoms with Crippen molar-refractivity contribution in [3.63, 3.8) is 0 Å². The summed E-state index contributed by atoms with van der Waals surface area (Å²) in [4.78, 5) is 21.2. The second-order valence-corrected chi connectivity index (χ2v) is 3.48. The zero-order valence-electron chi connectivity index (χ0n) is 8.92. The van der Waals surface area contributed by atoms with Crippen LogP contribution in [-0.2, 0) is 20.2 Å². The molecule has 0 aromatic heterocycles. The molecule has 0 aliphatic heterocycles. The van der Waals surface area contributed by atoms with Gasteiger partial charge in [-0.1, -0.05) is 30.3 Å². The molecule has 1 aliphatic rings. The average molecular weight is 216 g/mol. The zero-order chi connectivity index (χ0) is 11.4. The van der Waals surface area contributed by atoms with Crippen molar-refractivity contribution in [2.24, 2.45) is 0 Å². The summed E-state index contributed by atoms with van der Waals surface area (Å²) in [5, 5.41) is 0.